The van der Waals surface area contributed by atoms with Crippen molar-refractivity contribution in [3.8, 4) is 11.1 Å². The number of benzene rings is 3. The van der Waals surface area contributed by atoms with Gasteiger partial charge in [-0.2, -0.15) is 0 Å². The summed E-state index contributed by atoms with van der Waals surface area (Å²) in [4.78, 5) is 0. The Morgan fingerprint density at radius 1 is 0.750 bits per heavy atom. The molecule has 1 aliphatic rings. The number of hydrogen-bond donors (Lipinski definition) is 1. The molecular weight excluding hydrogens is 290 g/mol. The monoisotopic (exact) mass is 313 g/mol. The molecule has 24 heavy (non-hydrogen) atoms. The summed E-state index contributed by atoms with van der Waals surface area (Å²) in [5, 5.41) is 0. The van der Waals surface area contributed by atoms with Gasteiger partial charge in [-0.05, 0) is 51.8 Å². The van der Waals surface area contributed by atoms with Crippen molar-refractivity contribution in [3.05, 3.63) is 88.5 Å². The normalized spacial score (nSPS) is 12.9. The molecule has 1 nitrogen and oxygen atoms in total. The second kappa shape index (κ2) is 5.83. The van der Waals surface area contributed by atoms with Gasteiger partial charge in [-0.3, -0.25) is 0 Å². The number of hydrogen-bond acceptors (Lipinski definition) is 1. The maximum Gasteiger partial charge on any atom is 0.0379 e. The number of nitrogens with two attached hydrogens (primary N) is 1. The molecule has 0 saturated carbocycles. The van der Waals surface area contributed by atoms with Gasteiger partial charge in [0.1, 0.15) is 0 Å². The standard InChI is InChI=1S/C23H23N/c1-3-15-13-17(14-16(4-2)23(15)24)22-20-11-7-5-9-18(20)19-10-6-8-12-21(19)22/h5-14,22H,3-4,24H2,1-2H3. The van der Waals surface area contributed by atoms with Crippen molar-refractivity contribution in [1.82, 2.24) is 0 Å². The molecule has 0 heterocycles. The molecule has 3 aromatic carbocycles. The van der Waals surface area contributed by atoms with Gasteiger partial charge in [-0.15, -0.1) is 0 Å². The molecule has 0 amide bonds. The van der Waals surface area contributed by atoms with Crippen molar-refractivity contribution in [1.29, 1.82) is 0 Å². The Kier molecular flexibility index (Phi) is 3.65. The van der Waals surface area contributed by atoms with Crippen LogP contribution in [0, 0.1) is 0 Å². The molecule has 0 spiro atoms. The number of nitrogen functional groups attached to an aromatic ring is 1. The zero-order valence-corrected chi connectivity index (χ0v) is 14.3. The van der Waals surface area contributed by atoms with Crippen LogP contribution in [0.1, 0.15) is 47.6 Å². The second-order valence-corrected chi connectivity index (χ2v) is 6.57. The van der Waals surface area contributed by atoms with Gasteiger partial charge in [0.05, 0.1) is 0 Å². The van der Waals surface area contributed by atoms with E-state index in [0.29, 0.717) is 5.92 Å². The van der Waals surface area contributed by atoms with Crippen molar-refractivity contribution in [2.75, 3.05) is 5.73 Å². The molecule has 2 N–H and O–H groups in total. The summed E-state index contributed by atoms with van der Waals surface area (Å²) in [5.74, 6) is 0.314. The van der Waals surface area contributed by atoms with E-state index >= 15 is 0 Å². The lowest BCUT2D eigenvalue weighted by molar-refractivity contribution is 0.985. The molecule has 0 atom stereocenters. The fourth-order valence-electron chi connectivity index (χ4n) is 4.07. The third-order valence-corrected chi connectivity index (χ3v) is 5.30. The minimum Gasteiger partial charge on any atom is -0.398 e. The molecule has 0 aliphatic heterocycles. The summed E-state index contributed by atoms with van der Waals surface area (Å²) < 4.78 is 0. The smallest absolute Gasteiger partial charge is 0.0379 e. The van der Waals surface area contributed by atoms with E-state index in [9.17, 15) is 0 Å². The first-order valence-electron chi connectivity index (χ1n) is 8.84. The average molecular weight is 313 g/mol. The lowest BCUT2D eigenvalue weighted by atomic mass is 9.86. The number of anilines is 1. The van der Waals surface area contributed by atoms with Crippen LogP contribution >= 0.6 is 0 Å². The highest BCUT2D eigenvalue weighted by Crippen LogP contribution is 2.48. The highest BCUT2D eigenvalue weighted by Gasteiger charge is 2.29. The van der Waals surface area contributed by atoms with E-state index in [1.165, 1.54) is 38.9 Å². The van der Waals surface area contributed by atoms with Crippen LogP contribution in [0.4, 0.5) is 5.69 Å². The van der Waals surface area contributed by atoms with Crippen LogP contribution in [0.25, 0.3) is 11.1 Å². The van der Waals surface area contributed by atoms with Crippen LogP contribution in [0.2, 0.25) is 0 Å². The van der Waals surface area contributed by atoms with E-state index in [0.717, 1.165) is 18.5 Å². The summed E-state index contributed by atoms with van der Waals surface area (Å²) in [5.41, 5.74) is 16.8. The van der Waals surface area contributed by atoms with E-state index in [-0.39, 0.29) is 0 Å². The molecule has 4 rings (SSSR count). The van der Waals surface area contributed by atoms with Crippen molar-refractivity contribution in [2.45, 2.75) is 32.6 Å². The Bertz CT molecular complexity index is 837. The maximum atomic E-state index is 6.36. The van der Waals surface area contributed by atoms with Crippen LogP contribution in [0.3, 0.4) is 0 Å². The highest BCUT2D eigenvalue weighted by molar-refractivity contribution is 5.81. The zero-order valence-electron chi connectivity index (χ0n) is 14.3. The number of fused-ring (bicyclic) bond motifs is 3. The van der Waals surface area contributed by atoms with Gasteiger partial charge in [0.25, 0.3) is 0 Å². The fraction of sp³-hybridized carbons (Fsp3) is 0.217. The lowest BCUT2D eigenvalue weighted by Gasteiger charge is -2.19. The van der Waals surface area contributed by atoms with E-state index < -0.39 is 0 Å². The zero-order chi connectivity index (χ0) is 16.7. The Balaban J connectivity index is 1.97. The van der Waals surface area contributed by atoms with Crippen LogP contribution in [-0.2, 0) is 12.8 Å². The summed E-state index contributed by atoms with van der Waals surface area (Å²) >= 11 is 0. The van der Waals surface area contributed by atoms with E-state index in [4.69, 9.17) is 5.73 Å². The Labute approximate surface area is 144 Å². The van der Waals surface area contributed by atoms with Gasteiger partial charge in [0.15, 0.2) is 0 Å². The number of rotatable bonds is 3. The van der Waals surface area contributed by atoms with Crippen LogP contribution in [0.15, 0.2) is 60.7 Å². The average Bonchev–Trinajstić information content (AvgIpc) is 2.97. The molecule has 0 bridgehead atoms. The first-order chi connectivity index (χ1) is 11.7. The van der Waals surface area contributed by atoms with Gasteiger partial charge >= 0.3 is 0 Å². The molecule has 0 saturated heterocycles. The molecule has 1 aliphatic carbocycles. The SMILES string of the molecule is CCc1cc(C2c3ccccc3-c3ccccc32)cc(CC)c1N. The molecular formula is C23H23N. The third kappa shape index (κ3) is 2.16. The first-order valence-corrected chi connectivity index (χ1v) is 8.84. The molecule has 3 aromatic rings. The van der Waals surface area contributed by atoms with Crippen LogP contribution in [0.5, 0.6) is 0 Å². The van der Waals surface area contributed by atoms with Crippen molar-refractivity contribution in [3.63, 3.8) is 0 Å². The van der Waals surface area contributed by atoms with Crippen LogP contribution in [-0.4, -0.2) is 0 Å². The second-order valence-electron chi connectivity index (χ2n) is 6.57. The third-order valence-electron chi connectivity index (χ3n) is 5.30. The predicted octanol–water partition coefficient (Wildman–Crippen LogP) is 5.55. The Morgan fingerprint density at radius 3 is 1.67 bits per heavy atom. The van der Waals surface area contributed by atoms with Crippen molar-refractivity contribution < 1.29 is 0 Å². The summed E-state index contributed by atoms with van der Waals surface area (Å²) in [6.07, 6.45) is 1.95. The molecule has 120 valence electrons. The van der Waals surface area contributed by atoms with Crippen LogP contribution < -0.4 is 5.73 Å². The molecule has 0 radical (unpaired) electrons. The summed E-state index contributed by atoms with van der Waals surface area (Å²) in [6, 6.07) is 22.2. The quantitative estimate of drug-likeness (QED) is 0.493. The van der Waals surface area contributed by atoms with E-state index in [1.807, 2.05) is 0 Å². The van der Waals surface area contributed by atoms with Crippen molar-refractivity contribution in [2.24, 2.45) is 0 Å². The summed E-state index contributed by atoms with van der Waals surface area (Å²) in [6.45, 7) is 4.37. The Hall–Kier alpha value is -2.54. The summed E-state index contributed by atoms with van der Waals surface area (Å²) in [7, 11) is 0. The maximum absolute atomic E-state index is 6.36. The first kappa shape index (κ1) is 15.0. The highest BCUT2D eigenvalue weighted by atomic mass is 14.6. The minimum absolute atomic E-state index is 0.314. The van der Waals surface area contributed by atoms with Gasteiger partial charge in [0, 0.05) is 11.6 Å². The molecule has 0 fully saturated rings. The van der Waals surface area contributed by atoms with Gasteiger partial charge in [-0.25, -0.2) is 0 Å². The van der Waals surface area contributed by atoms with E-state index in [2.05, 4.69) is 74.5 Å². The van der Waals surface area contributed by atoms with Crippen molar-refractivity contribution >= 4 is 5.69 Å². The van der Waals surface area contributed by atoms with Gasteiger partial charge < -0.3 is 5.73 Å². The molecule has 0 unspecified atom stereocenters. The lowest BCUT2D eigenvalue weighted by Crippen LogP contribution is -2.05. The molecule has 0 aromatic heterocycles. The predicted molar refractivity (Wildman–Crippen MR) is 102 cm³/mol. The molecule has 1 heteroatoms. The Morgan fingerprint density at radius 2 is 1.21 bits per heavy atom. The van der Waals surface area contributed by atoms with E-state index in [1.54, 1.807) is 0 Å². The largest absolute Gasteiger partial charge is 0.398 e. The minimum atomic E-state index is 0.314. The van der Waals surface area contributed by atoms with Gasteiger partial charge in [-0.1, -0.05) is 74.5 Å². The van der Waals surface area contributed by atoms with Gasteiger partial charge in [0.2, 0.25) is 0 Å². The fourth-order valence-corrected chi connectivity index (χ4v) is 4.07. The topological polar surface area (TPSA) is 26.0 Å². The number of aryl methyl sites for hydroxylation is 2.